The molecule has 4 aromatic rings. The Kier molecular flexibility index (Phi) is 5.06. The number of nitrogens with zero attached hydrogens (tertiary/aromatic N) is 1. The molecule has 1 unspecified atom stereocenters. The minimum Gasteiger partial charge on any atom is -0.481 e. The van der Waals surface area contributed by atoms with Crippen molar-refractivity contribution >= 4 is 34.3 Å². The third-order valence-corrected chi connectivity index (χ3v) is 6.35. The number of halogens is 2. The van der Waals surface area contributed by atoms with Crippen LogP contribution >= 0.6 is 11.6 Å². The van der Waals surface area contributed by atoms with E-state index in [0.717, 1.165) is 5.56 Å². The van der Waals surface area contributed by atoms with Crippen molar-refractivity contribution in [2.75, 3.05) is 0 Å². The monoisotopic (exact) mass is 447 g/mol. The summed E-state index contributed by atoms with van der Waals surface area (Å²) < 4.78 is 16.6. The Morgan fingerprint density at radius 3 is 2.47 bits per heavy atom. The van der Waals surface area contributed by atoms with Crippen molar-refractivity contribution in [1.82, 2.24) is 4.57 Å². The van der Waals surface area contributed by atoms with E-state index in [9.17, 15) is 19.1 Å². The summed E-state index contributed by atoms with van der Waals surface area (Å²) in [6.45, 7) is 0.537. The second kappa shape index (κ2) is 7.92. The molecule has 32 heavy (non-hydrogen) atoms. The lowest BCUT2D eigenvalue weighted by atomic mass is 9.89. The summed E-state index contributed by atoms with van der Waals surface area (Å²) in [5.74, 6) is -1.86. The zero-order valence-corrected chi connectivity index (χ0v) is 17.8. The van der Waals surface area contributed by atoms with Gasteiger partial charge in [-0.25, -0.2) is 4.39 Å². The molecule has 0 spiro atoms. The molecule has 1 aliphatic rings. The highest BCUT2D eigenvalue weighted by Crippen LogP contribution is 2.44. The highest BCUT2D eigenvalue weighted by Gasteiger charge is 2.35. The second-order valence-corrected chi connectivity index (χ2v) is 8.48. The largest absolute Gasteiger partial charge is 0.481 e. The highest BCUT2D eigenvalue weighted by atomic mass is 35.5. The lowest BCUT2D eigenvalue weighted by molar-refractivity contribution is -0.137. The molecule has 0 fully saturated rings. The van der Waals surface area contributed by atoms with Gasteiger partial charge in [0.15, 0.2) is 5.78 Å². The van der Waals surface area contributed by atoms with Crippen molar-refractivity contribution in [3.8, 4) is 11.1 Å². The van der Waals surface area contributed by atoms with Crippen molar-refractivity contribution in [2.24, 2.45) is 0 Å². The first-order valence-electron chi connectivity index (χ1n) is 10.4. The van der Waals surface area contributed by atoms with Gasteiger partial charge < -0.3 is 9.67 Å². The van der Waals surface area contributed by atoms with E-state index >= 15 is 0 Å². The smallest absolute Gasteiger partial charge is 0.304 e. The number of benzene rings is 3. The summed E-state index contributed by atoms with van der Waals surface area (Å²) in [6, 6.07) is 18.9. The lowest BCUT2D eigenvalue weighted by Gasteiger charge is -2.12. The van der Waals surface area contributed by atoms with Crippen LogP contribution in [0.2, 0.25) is 5.02 Å². The van der Waals surface area contributed by atoms with Crippen LogP contribution in [-0.4, -0.2) is 21.4 Å². The molecule has 0 aliphatic carbocycles. The molecule has 1 atom stereocenters. The van der Waals surface area contributed by atoms with E-state index in [1.54, 1.807) is 24.3 Å². The van der Waals surface area contributed by atoms with Crippen LogP contribution in [0.3, 0.4) is 0 Å². The molecule has 1 aromatic heterocycles. The molecule has 4 nitrogen and oxygen atoms in total. The van der Waals surface area contributed by atoms with Crippen LogP contribution in [0.15, 0.2) is 66.7 Å². The number of aliphatic carboxylic acids is 1. The van der Waals surface area contributed by atoms with Gasteiger partial charge in [-0.05, 0) is 53.9 Å². The summed E-state index contributed by atoms with van der Waals surface area (Å²) in [6.07, 6.45) is 0.510. The van der Waals surface area contributed by atoms with E-state index in [0.29, 0.717) is 51.3 Å². The minimum absolute atomic E-state index is 0.0830. The van der Waals surface area contributed by atoms with Crippen LogP contribution in [0.4, 0.5) is 4.39 Å². The van der Waals surface area contributed by atoms with Crippen molar-refractivity contribution in [3.05, 3.63) is 94.4 Å². The normalized spacial score (nSPS) is 15.1. The summed E-state index contributed by atoms with van der Waals surface area (Å²) in [7, 11) is 0. The first-order valence-corrected chi connectivity index (χ1v) is 10.7. The average molecular weight is 448 g/mol. The maximum Gasteiger partial charge on any atom is 0.304 e. The number of fused-ring (bicyclic) bond motifs is 3. The lowest BCUT2D eigenvalue weighted by Crippen LogP contribution is -2.10. The third kappa shape index (κ3) is 3.39. The van der Waals surface area contributed by atoms with Crippen molar-refractivity contribution in [1.29, 1.82) is 0 Å². The molecule has 0 saturated heterocycles. The minimum atomic E-state index is -0.923. The number of carboxylic acid groups (broad SMARTS) is 1. The van der Waals surface area contributed by atoms with Gasteiger partial charge in [0, 0.05) is 34.1 Å². The molecule has 0 bridgehead atoms. The van der Waals surface area contributed by atoms with E-state index < -0.39 is 11.8 Å². The van der Waals surface area contributed by atoms with Crippen LogP contribution in [0, 0.1) is 5.82 Å². The van der Waals surface area contributed by atoms with Gasteiger partial charge >= 0.3 is 5.97 Å². The maximum atomic E-state index is 14.7. The van der Waals surface area contributed by atoms with Crippen LogP contribution < -0.4 is 0 Å². The zero-order valence-electron chi connectivity index (χ0n) is 17.0. The Morgan fingerprint density at radius 1 is 1.06 bits per heavy atom. The topological polar surface area (TPSA) is 59.3 Å². The molecule has 6 heteroatoms. The number of carbonyl (C=O) groups excluding carboxylic acids is 1. The number of rotatable bonds is 5. The Balaban J connectivity index is 1.84. The molecule has 160 valence electrons. The molecule has 2 heterocycles. The Labute approximate surface area is 188 Å². The van der Waals surface area contributed by atoms with Gasteiger partial charge in [-0.1, -0.05) is 41.9 Å². The summed E-state index contributed by atoms with van der Waals surface area (Å²) in [5, 5.41) is 10.6. The first kappa shape index (κ1) is 20.5. The van der Waals surface area contributed by atoms with Gasteiger partial charge in [-0.15, -0.1) is 0 Å². The number of carboxylic acids is 1. The Morgan fingerprint density at radius 2 is 1.78 bits per heavy atom. The molecule has 0 radical (unpaired) electrons. The van der Waals surface area contributed by atoms with Gasteiger partial charge in [0.25, 0.3) is 0 Å². The molecule has 5 rings (SSSR count). The second-order valence-electron chi connectivity index (χ2n) is 8.04. The van der Waals surface area contributed by atoms with Crippen molar-refractivity contribution in [2.45, 2.75) is 25.3 Å². The number of hydrogen-bond donors (Lipinski definition) is 1. The van der Waals surface area contributed by atoms with E-state index in [1.807, 2.05) is 34.9 Å². The molecule has 0 amide bonds. The number of aromatic nitrogens is 1. The number of hydrogen-bond acceptors (Lipinski definition) is 2. The molecular formula is C26H19ClFNO3. The van der Waals surface area contributed by atoms with Gasteiger partial charge in [-0.3, -0.25) is 9.59 Å². The average Bonchev–Trinajstić information content (AvgIpc) is 3.32. The van der Waals surface area contributed by atoms with Crippen LogP contribution in [-0.2, 0) is 11.3 Å². The van der Waals surface area contributed by atoms with E-state index in [-0.39, 0.29) is 18.1 Å². The quantitative estimate of drug-likeness (QED) is 0.365. The predicted molar refractivity (Wildman–Crippen MR) is 122 cm³/mol. The molecular weight excluding hydrogens is 429 g/mol. The van der Waals surface area contributed by atoms with Crippen LogP contribution in [0.5, 0.6) is 0 Å². The standard InChI is InChI=1S/C26H19ClFNO3/c27-18-8-6-16(7-9-18)26(32)24-23-20(15-4-2-1-3-5-15)13-19(28)14-21(23)29-11-10-17(25(24)29)12-22(30)31/h1-9,13-14,17H,10-12H2,(H,30,31). The predicted octanol–water partition coefficient (Wildman–Crippen LogP) is 6.29. The Bertz CT molecular complexity index is 1360. The maximum absolute atomic E-state index is 14.7. The SMILES string of the molecule is O=C(O)CC1CCn2c1c(C(=O)c1ccc(Cl)cc1)c1c(-c3ccccc3)cc(F)cc12. The number of carbonyl (C=O) groups is 2. The first-order chi connectivity index (χ1) is 15.4. The van der Waals surface area contributed by atoms with Gasteiger partial charge in [0.05, 0.1) is 17.5 Å². The van der Waals surface area contributed by atoms with E-state index in [1.165, 1.54) is 12.1 Å². The fourth-order valence-electron chi connectivity index (χ4n) is 4.78. The van der Waals surface area contributed by atoms with Gasteiger partial charge in [0.2, 0.25) is 0 Å². The summed E-state index contributed by atoms with van der Waals surface area (Å²) >= 11 is 6.01. The molecule has 0 saturated carbocycles. The number of aryl methyl sites for hydroxylation is 1. The molecule has 1 N–H and O–H groups in total. The van der Waals surface area contributed by atoms with Crippen LogP contribution in [0.25, 0.3) is 22.0 Å². The molecule has 3 aromatic carbocycles. The zero-order chi connectivity index (χ0) is 22.4. The van der Waals surface area contributed by atoms with Crippen LogP contribution in [0.1, 0.15) is 40.4 Å². The summed E-state index contributed by atoms with van der Waals surface area (Å²) in [4.78, 5) is 25.3. The van der Waals surface area contributed by atoms with Gasteiger partial charge in [-0.2, -0.15) is 0 Å². The fraction of sp³-hybridized carbons (Fsp3) is 0.154. The third-order valence-electron chi connectivity index (χ3n) is 6.10. The van der Waals surface area contributed by atoms with Crippen molar-refractivity contribution < 1.29 is 19.1 Å². The van der Waals surface area contributed by atoms with E-state index in [4.69, 9.17) is 11.6 Å². The molecule has 1 aliphatic heterocycles. The fourth-order valence-corrected chi connectivity index (χ4v) is 4.90. The number of ketones is 1. The summed E-state index contributed by atoms with van der Waals surface area (Å²) in [5.41, 5.74) is 3.60. The van der Waals surface area contributed by atoms with E-state index in [2.05, 4.69) is 0 Å². The highest BCUT2D eigenvalue weighted by molar-refractivity contribution is 6.30. The van der Waals surface area contributed by atoms with Gasteiger partial charge in [0.1, 0.15) is 5.82 Å². The Hall–Kier alpha value is -3.44. The van der Waals surface area contributed by atoms with Crippen molar-refractivity contribution in [3.63, 3.8) is 0 Å².